The Labute approximate surface area is 233 Å². The highest BCUT2D eigenvalue weighted by molar-refractivity contribution is 8.76. The first-order chi connectivity index (χ1) is 18.2. The van der Waals surface area contributed by atoms with Crippen LogP contribution in [0.25, 0.3) is 0 Å². The number of amides is 2. The van der Waals surface area contributed by atoms with Crippen molar-refractivity contribution >= 4 is 33.4 Å². The van der Waals surface area contributed by atoms with Crippen LogP contribution < -0.4 is 10.6 Å². The second-order valence-electron chi connectivity index (χ2n) is 10.0. The third kappa shape index (κ3) is 6.69. The van der Waals surface area contributed by atoms with Crippen LogP contribution in [0.2, 0.25) is 0 Å². The van der Waals surface area contributed by atoms with E-state index < -0.39 is 11.1 Å². The third-order valence-electron chi connectivity index (χ3n) is 6.33. The van der Waals surface area contributed by atoms with E-state index in [-0.39, 0.29) is 11.8 Å². The van der Waals surface area contributed by atoms with Crippen molar-refractivity contribution in [3.05, 3.63) is 131 Å². The molecule has 0 aliphatic heterocycles. The van der Waals surface area contributed by atoms with Gasteiger partial charge in [0.2, 0.25) is 0 Å². The highest BCUT2D eigenvalue weighted by Crippen LogP contribution is 2.41. The minimum absolute atomic E-state index is 0.141. The van der Waals surface area contributed by atoms with E-state index in [0.717, 1.165) is 20.9 Å². The molecular weight excluding hydrogens is 508 g/mol. The standard InChI is InChI=1S/C32H32N2O2S2/c1-31(2,23-15-7-5-8-16-23)33-29(35)25-19-11-13-21-27(25)37-38-28-22-14-12-20-26(28)30(36)34-32(3,4)24-17-9-6-10-18-24/h5-22H,1-4H3,(H,33,35)(H,34,36). The minimum Gasteiger partial charge on any atom is -0.343 e. The number of nitrogens with one attached hydrogen (secondary N) is 2. The summed E-state index contributed by atoms with van der Waals surface area (Å²) in [6.45, 7) is 7.99. The van der Waals surface area contributed by atoms with Gasteiger partial charge in [0.1, 0.15) is 0 Å². The smallest absolute Gasteiger partial charge is 0.253 e. The molecule has 0 radical (unpaired) electrons. The molecule has 2 N–H and O–H groups in total. The fraction of sp³-hybridized carbons (Fsp3) is 0.188. The summed E-state index contributed by atoms with van der Waals surface area (Å²) >= 11 is 0. The first kappa shape index (κ1) is 27.6. The second kappa shape index (κ2) is 11.9. The zero-order chi connectivity index (χ0) is 27.2. The van der Waals surface area contributed by atoms with Crippen molar-refractivity contribution in [1.29, 1.82) is 0 Å². The summed E-state index contributed by atoms with van der Waals surface area (Å²) in [5.41, 5.74) is 2.21. The van der Waals surface area contributed by atoms with Crippen LogP contribution in [0.1, 0.15) is 59.5 Å². The van der Waals surface area contributed by atoms with E-state index in [1.165, 1.54) is 21.6 Å². The Morgan fingerprint density at radius 2 is 0.816 bits per heavy atom. The molecule has 0 saturated carbocycles. The van der Waals surface area contributed by atoms with Gasteiger partial charge in [-0.15, -0.1) is 0 Å². The maximum Gasteiger partial charge on any atom is 0.253 e. The molecule has 0 spiro atoms. The molecule has 0 aliphatic carbocycles. The maximum absolute atomic E-state index is 13.3. The van der Waals surface area contributed by atoms with E-state index in [1.54, 1.807) is 0 Å². The van der Waals surface area contributed by atoms with Gasteiger partial charge in [-0.1, -0.05) is 107 Å². The summed E-state index contributed by atoms with van der Waals surface area (Å²) in [6.07, 6.45) is 0. The van der Waals surface area contributed by atoms with Gasteiger partial charge in [-0.25, -0.2) is 0 Å². The molecule has 0 atom stereocenters. The number of carbonyl (C=O) groups excluding carboxylic acids is 2. The molecule has 0 fully saturated rings. The van der Waals surface area contributed by atoms with E-state index in [2.05, 4.69) is 10.6 Å². The highest BCUT2D eigenvalue weighted by Gasteiger charge is 2.26. The number of hydrogen-bond acceptors (Lipinski definition) is 4. The molecule has 38 heavy (non-hydrogen) atoms. The average molecular weight is 541 g/mol. The van der Waals surface area contributed by atoms with Crippen molar-refractivity contribution in [3.63, 3.8) is 0 Å². The lowest BCUT2D eigenvalue weighted by atomic mass is 9.94. The predicted octanol–water partition coefficient (Wildman–Crippen LogP) is 7.82. The summed E-state index contributed by atoms with van der Waals surface area (Å²) in [5, 5.41) is 6.35. The topological polar surface area (TPSA) is 58.2 Å². The summed E-state index contributed by atoms with van der Waals surface area (Å²) in [6, 6.07) is 35.0. The van der Waals surface area contributed by atoms with Crippen LogP contribution in [-0.4, -0.2) is 11.8 Å². The van der Waals surface area contributed by atoms with Gasteiger partial charge in [-0.3, -0.25) is 9.59 Å². The molecule has 194 valence electrons. The van der Waals surface area contributed by atoms with Crippen molar-refractivity contribution in [2.75, 3.05) is 0 Å². The van der Waals surface area contributed by atoms with Crippen LogP contribution >= 0.6 is 21.6 Å². The molecule has 0 aromatic heterocycles. The molecule has 6 heteroatoms. The van der Waals surface area contributed by atoms with Crippen molar-refractivity contribution in [2.24, 2.45) is 0 Å². The first-order valence-corrected chi connectivity index (χ1v) is 14.6. The van der Waals surface area contributed by atoms with Gasteiger partial charge < -0.3 is 10.6 Å². The summed E-state index contributed by atoms with van der Waals surface area (Å²) in [7, 11) is 2.94. The van der Waals surface area contributed by atoms with Crippen LogP contribution in [0.5, 0.6) is 0 Å². The fourth-order valence-corrected chi connectivity index (χ4v) is 6.46. The lowest BCUT2D eigenvalue weighted by Crippen LogP contribution is -2.41. The molecule has 0 saturated heterocycles. The van der Waals surface area contributed by atoms with E-state index >= 15 is 0 Å². The maximum atomic E-state index is 13.3. The molecular formula is C32H32N2O2S2. The van der Waals surface area contributed by atoms with Gasteiger partial charge in [-0.05, 0) is 63.1 Å². The number of carbonyl (C=O) groups is 2. The fourth-order valence-electron chi connectivity index (χ4n) is 4.10. The van der Waals surface area contributed by atoms with Crippen molar-refractivity contribution in [3.8, 4) is 0 Å². The quantitative estimate of drug-likeness (QED) is 0.213. The molecule has 4 aromatic rings. The van der Waals surface area contributed by atoms with Crippen molar-refractivity contribution in [2.45, 2.75) is 48.6 Å². The Kier molecular flexibility index (Phi) is 8.65. The molecule has 0 unspecified atom stereocenters. The van der Waals surface area contributed by atoms with E-state index in [1.807, 2.05) is 137 Å². The zero-order valence-electron chi connectivity index (χ0n) is 22.0. The third-order valence-corrected chi connectivity index (χ3v) is 8.81. The highest BCUT2D eigenvalue weighted by atomic mass is 33.1. The Morgan fingerprint density at radius 3 is 1.18 bits per heavy atom. The zero-order valence-corrected chi connectivity index (χ0v) is 23.7. The molecule has 2 amide bonds. The Morgan fingerprint density at radius 1 is 0.500 bits per heavy atom. The summed E-state index contributed by atoms with van der Waals surface area (Å²) < 4.78 is 0. The SMILES string of the molecule is CC(C)(NC(=O)c1ccccc1SSc1ccccc1C(=O)NC(C)(C)c1ccccc1)c1ccccc1. The summed E-state index contributed by atoms with van der Waals surface area (Å²) in [4.78, 5) is 28.3. The van der Waals surface area contributed by atoms with Crippen LogP contribution in [-0.2, 0) is 11.1 Å². The molecule has 4 aromatic carbocycles. The Bertz CT molecular complexity index is 1290. The number of hydrogen-bond donors (Lipinski definition) is 2. The lowest BCUT2D eigenvalue weighted by Gasteiger charge is -2.27. The lowest BCUT2D eigenvalue weighted by molar-refractivity contribution is 0.0900. The van der Waals surface area contributed by atoms with Gasteiger partial charge in [0.15, 0.2) is 0 Å². The first-order valence-electron chi connectivity index (χ1n) is 12.5. The van der Waals surface area contributed by atoms with Gasteiger partial charge >= 0.3 is 0 Å². The van der Waals surface area contributed by atoms with Crippen LogP contribution in [0.4, 0.5) is 0 Å². The summed E-state index contributed by atoms with van der Waals surface area (Å²) in [5.74, 6) is -0.281. The van der Waals surface area contributed by atoms with Crippen LogP contribution in [0.15, 0.2) is 119 Å². The monoisotopic (exact) mass is 540 g/mol. The van der Waals surface area contributed by atoms with Crippen LogP contribution in [0.3, 0.4) is 0 Å². The molecule has 0 bridgehead atoms. The molecule has 4 nitrogen and oxygen atoms in total. The van der Waals surface area contributed by atoms with E-state index in [9.17, 15) is 9.59 Å². The largest absolute Gasteiger partial charge is 0.343 e. The van der Waals surface area contributed by atoms with Gasteiger partial charge in [-0.2, -0.15) is 0 Å². The predicted molar refractivity (Wildman–Crippen MR) is 158 cm³/mol. The van der Waals surface area contributed by atoms with Gasteiger partial charge in [0.05, 0.1) is 22.2 Å². The Balaban J connectivity index is 1.49. The number of rotatable bonds is 9. The molecule has 0 aliphatic rings. The van der Waals surface area contributed by atoms with Gasteiger partial charge in [0, 0.05) is 9.79 Å². The molecule has 0 heterocycles. The number of benzene rings is 4. The second-order valence-corrected chi connectivity index (χ2v) is 12.3. The van der Waals surface area contributed by atoms with Crippen molar-refractivity contribution < 1.29 is 9.59 Å². The van der Waals surface area contributed by atoms with Gasteiger partial charge in [0.25, 0.3) is 11.8 Å². The average Bonchev–Trinajstić information content (AvgIpc) is 2.92. The Hall–Kier alpha value is -3.48. The minimum atomic E-state index is -0.528. The normalized spacial score (nSPS) is 11.6. The molecule has 4 rings (SSSR count). The van der Waals surface area contributed by atoms with E-state index in [0.29, 0.717) is 11.1 Å². The van der Waals surface area contributed by atoms with E-state index in [4.69, 9.17) is 0 Å². The van der Waals surface area contributed by atoms with Crippen molar-refractivity contribution in [1.82, 2.24) is 10.6 Å². The van der Waals surface area contributed by atoms with Crippen LogP contribution in [0, 0.1) is 0 Å².